The Bertz CT molecular complexity index is 889. The lowest BCUT2D eigenvalue weighted by molar-refractivity contribution is -0.160. The van der Waals surface area contributed by atoms with Gasteiger partial charge in [-0.2, -0.15) is 0 Å². The number of carbonyl (C=O) groups is 2. The summed E-state index contributed by atoms with van der Waals surface area (Å²) in [4.78, 5) is 35.9. The van der Waals surface area contributed by atoms with Crippen LogP contribution < -0.4 is 11.1 Å². The summed E-state index contributed by atoms with van der Waals surface area (Å²) in [6.45, 7) is 0.720. The van der Waals surface area contributed by atoms with Crippen LogP contribution in [0, 0.1) is 0 Å². The number of nitrogens with zero attached hydrogens (tertiary/aromatic N) is 4. The molecule has 0 aliphatic carbocycles. The van der Waals surface area contributed by atoms with E-state index in [2.05, 4.69) is 20.3 Å². The van der Waals surface area contributed by atoms with E-state index < -0.39 is 48.7 Å². The molecular weight excluding hydrogens is 376 g/mol. The first-order valence-corrected chi connectivity index (χ1v) is 8.31. The van der Waals surface area contributed by atoms with Crippen LogP contribution in [0.2, 0.25) is 0 Å². The molecule has 0 spiro atoms. The molecule has 13 nitrogen and oxygen atoms in total. The van der Waals surface area contributed by atoms with E-state index in [4.69, 9.17) is 10.5 Å². The smallest absolute Gasteiger partial charge is 0.245 e. The molecule has 2 aromatic rings. The maximum absolute atomic E-state index is 12.1. The van der Waals surface area contributed by atoms with Crippen LogP contribution in [0.5, 0.6) is 0 Å². The molecule has 28 heavy (non-hydrogen) atoms. The molecule has 1 aliphatic heterocycles. The van der Waals surface area contributed by atoms with E-state index in [1.54, 1.807) is 0 Å². The molecule has 3 rings (SSSR count). The first-order valence-electron chi connectivity index (χ1n) is 8.31. The predicted molar refractivity (Wildman–Crippen MR) is 91.6 cm³/mol. The van der Waals surface area contributed by atoms with Gasteiger partial charge in [0.25, 0.3) is 0 Å². The van der Waals surface area contributed by atoms with Crippen molar-refractivity contribution in [3.63, 3.8) is 0 Å². The first kappa shape index (κ1) is 20.2. The molecule has 0 saturated carbocycles. The SMILES string of the molecule is C[C@@H](O)[C@H](N)C(=O)Nc1ncnc2c1ncn2[C@]1(C=O)O[C@H](CO)[C@@H](O)[C@H]1O. The van der Waals surface area contributed by atoms with Crippen LogP contribution in [-0.2, 0) is 20.1 Å². The summed E-state index contributed by atoms with van der Waals surface area (Å²) in [5, 5.41) is 41.5. The van der Waals surface area contributed by atoms with Gasteiger partial charge in [-0.1, -0.05) is 0 Å². The van der Waals surface area contributed by atoms with Gasteiger partial charge in [-0.15, -0.1) is 0 Å². The number of ether oxygens (including phenoxy) is 1. The van der Waals surface area contributed by atoms with Crippen LogP contribution >= 0.6 is 0 Å². The second-order valence-electron chi connectivity index (χ2n) is 6.41. The molecule has 0 radical (unpaired) electrons. The lowest BCUT2D eigenvalue weighted by Gasteiger charge is -2.27. The van der Waals surface area contributed by atoms with Crippen molar-refractivity contribution in [1.29, 1.82) is 0 Å². The van der Waals surface area contributed by atoms with Crippen LogP contribution in [0.15, 0.2) is 12.7 Å². The molecule has 152 valence electrons. The number of aldehydes is 1. The summed E-state index contributed by atoms with van der Waals surface area (Å²) < 4.78 is 6.49. The largest absolute Gasteiger partial charge is 0.394 e. The monoisotopic (exact) mass is 396 g/mol. The van der Waals surface area contributed by atoms with Crippen molar-refractivity contribution < 1.29 is 34.8 Å². The van der Waals surface area contributed by atoms with E-state index >= 15 is 0 Å². The summed E-state index contributed by atoms with van der Waals surface area (Å²) in [6.07, 6.45) is -3.09. The topological polar surface area (TPSA) is 206 Å². The second kappa shape index (κ2) is 7.46. The van der Waals surface area contributed by atoms with E-state index in [0.29, 0.717) is 0 Å². The number of imidazole rings is 1. The predicted octanol–water partition coefficient (Wildman–Crippen LogP) is -3.56. The Kier molecular flexibility index (Phi) is 5.38. The lowest BCUT2D eigenvalue weighted by Crippen LogP contribution is -2.47. The molecule has 0 aromatic carbocycles. The summed E-state index contributed by atoms with van der Waals surface area (Å²) in [5.41, 5.74) is 3.55. The standard InChI is InChI=1S/C15H20N6O7/c1-6(24)8(16)14(27)20-12-9-13(18-4-17-12)21(5-19-9)15(3-23)11(26)10(25)7(2-22)28-15/h3-8,10-11,22,24-26H,2,16H2,1H3,(H,17,18,20,27)/t6-,7-,8+,10-,11-,15-/m1/s1. The molecule has 0 bridgehead atoms. The third kappa shape index (κ3) is 3.03. The highest BCUT2D eigenvalue weighted by atomic mass is 16.6. The molecule has 1 saturated heterocycles. The van der Waals surface area contributed by atoms with E-state index in [1.165, 1.54) is 6.92 Å². The van der Waals surface area contributed by atoms with Crippen molar-refractivity contribution in [2.75, 3.05) is 11.9 Å². The van der Waals surface area contributed by atoms with Gasteiger partial charge in [0.15, 0.2) is 23.3 Å². The van der Waals surface area contributed by atoms with Crippen LogP contribution in [0.3, 0.4) is 0 Å². The van der Waals surface area contributed by atoms with E-state index in [1.807, 2.05) is 0 Å². The summed E-state index contributed by atoms with van der Waals surface area (Å²) in [6, 6.07) is -1.21. The molecular formula is C15H20N6O7. The molecule has 3 heterocycles. The number of anilines is 1. The molecule has 2 aromatic heterocycles. The van der Waals surface area contributed by atoms with E-state index in [9.17, 15) is 30.0 Å². The Labute approximate surface area is 157 Å². The molecule has 1 amide bonds. The number of aliphatic hydroxyl groups excluding tert-OH is 4. The van der Waals surface area contributed by atoms with Gasteiger partial charge in [-0.25, -0.2) is 15.0 Å². The molecule has 1 fully saturated rings. The zero-order valence-corrected chi connectivity index (χ0v) is 14.7. The van der Waals surface area contributed by atoms with Crippen LogP contribution in [-0.4, -0.2) is 89.2 Å². The highest BCUT2D eigenvalue weighted by Gasteiger charge is 2.56. The van der Waals surface area contributed by atoms with Gasteiger partial charge in [0.05, 0.1) is 12.7 Å². The number of nitrogens with one attached hydrogen (secondary N) is 1. The maximum atomic E-state index is 12.1. The Hall–Kier alpha value is -2.55. The van der Waals surface area contributed by atoms with Crippen molar-refractivity contribution in [2.45, 2.75) is 43.1 Å². The van der Waals surface area contributed by atoms with Crippen molar-refractivity contribution >= 4 is 29.2 Å². The zero-order chi connectivity index (χ0) is 20.6. The number of carbonyl (C=O) groups excluding carboxylic acids is 2. The van der Waals surface area contributed by atoms with Gasteiger partial charge in [-0.05, 0) is 6.92 Å². The zero-order valence-electron chi connectivity index (χ0n) is 14.7. The number of aromatic nitrogens is 4. The molecule has 1 aliphatic rings. The van der Waals surface area contributed by atoms with Crippen LogP contribution in [0.4, 0.5) is 5.82 Å². The average molecular weight is 396 g/mol. The molecule has 0 unspecified atom stereocenters. The molecule has 6 atom stereocenters. The summed E-state index contributed by atoms with van der Waals surface area (Å²) in [5.74, 6) is -0.764. The van der Waals surface area contributed by atoms with Crippen LogP contribution in [0.1, 0.15) is 6.92 Å². The average Bonchev–Trinajstić information content (AvgIpc) is 3.22. The number of hydrogen-bond donors (Lipinski definition) is 6. The third-order valence-corrected chi connectivity index (χ3v) is 4.59. The number of fused-ring (bicyclic) bond motifs is 1. The van der Waals surface area contributed by atoms with Crippen molar-refractivity contribution in [1.82, 2.24) is 19.5 Å². The highest BCUT2D eigenvalue weighted by Crippen LogP contribution is 2.36. The Morgan fingerprint density at radius 3 is 2.75 bits per heavy atom. The Morgan fingerprint density at radius 2 is 2.18 bits per heavy atom. The minimum absolute atomic E-state index is 0.00728. The number of amides is 1. The highest BCUT2D eigenvalue weighted by molar-refractivity contribution is 5.99. The van der Waals surface area contributed by atoms with Gasteiger partial charge in [-0.3, -0.25) is 14.2 Å². The van der Waals surface area contributed by atoms with Crippen LogP contribution in [0.25, 0.3) is 11.2 Å². The Balaban J connectivity index is 2.03. The molecule has 13 heteroatoms. The lowest BCUT2D eigenvalue weighted by atomic mass is 10.0. The normalized spacial score (nSPS) is 29.6. The number of nitrogens with two attached hydrogens (primary N) is 1. The summed E-state index contributed by atoms with van der Waals surface area (Å²) in [7, 11) is 0. The van der Waals surface area contributed by atoms with Crippen molar-refractivity contribution in [2.24, 2.45) is 5.73 Å². The number of aliphatic hydroxyl groups is 4. The maximum Gasteiger partial charge on any atom is 0.245 e. The number of rotatable bonds is 6. The van der Waals surface area contributed by atoms with Gasteiger partial charge in [0, 0.05) is 0 Å². The van der Waals surface area contributed by atoms with E-state index in [0.717, 1.165) is 17.2 Å². The second-order valence-corrected chi connectivity index (χ2v) is 6.41. The molecule has 7 N–H and O–H groups in total. The first-order chi connectivity index (χ1) is 13.3. The van der Waals surface area contributed by atoms with Gasteiger partial charge >= 0.3 is 0 Å². The van der Waals surface area contributed by atoms with Gasteiger partial charge < -0.3 is 36.2 Å². The van der Waals surface area contributed by atoms with Gasteiger partial charge in [0.2, 0.25) is 11.6 Å². The fourth-order valence-electron chi connectivity index (χ4n) is 2.93. The quantitative estimate of drug-likeness (QED) is 0.263. The minimum atomic E-state index is -2.09. The van der Waals surface area contributed by atoms with Gasteiger partial charge in [0.1, 0.15) is 37.0 Å². The summed E-state index contributed by atoms with van der Waals surface area (Å²) >= 11 is 0. The Morgan fingerprint density at radius 1 is 1.46 bits per heavy atom. The van der Waals surface area contributed by atoms with E-state index in [-0.39, 0.29) is 23.3 Å². The minimum Gasteiger partial charge on any atom is -0.394 e. The van der Waals surface area contributed by atoms with Crippen molar-refractivity contribution in [3.8, 4) is 0 Å². The fourth-order valence-corrected chi connectivity index (χ4v) is 2.93. The fraction of sp³-hybridized carbons (Fsp3) is 0.533. The third-order valence-electron chi connectivity index (χ3n) is 4.59. The van der Waals surface area contributed by atoms with Crippen molar-refractivity contribution in [3.05, 3.63) is 12.7 Å². The number of hydrogen-bond acceptors (Lipinski definition) is 11.